The van der Waals surface area contributed by atoms with Gasteiger partial charge in [0.2, 0.25) is 11.8 Å². The first-order valence-corrected chi connectivity index (χ1v) is 8.25. The van der Waals surface area contributed by atoms with Gasteiger partial charge < -0.3 is 15.7 Å². The number of hydrogen-bond acceptors (Lipinski definition) is 3. The highest BCUT2D eigenvalue weighted by Gasteiger charge is 2.25. The minimum absolute atomic E-state index is 0.0000241. The van der Waals surface area contributed by atoms with Crippen LogP contribution in [-0.2, 0) is 9.59 Å². The van der Waals surface area contributed by atoms with Gasteiger partial charge in [0.25, 0.3) is 0 Å². The summed E-state index contributed by atoms with van der Waals surface area (Å²) in [7, 11) is 0. The molecule has 1 saturated carbocycles. The fourth-order valence-electron chi connectivity index (χ4n) is 3.04. The van der Waals surface area contributed by atoms with E-state index in [1.807, 2.05) is 0 Å². The molecule has 0 bridgehead atoms. The molecule has 1 unspecified atom stereocenters. The topological polar surface area (TPSA) is 95.5 Å². The number of aromatic carboxylic acids is 1. The first-order chi connectivity index (χ1) is 11.3. The van der Waals surface area contributed by atoms with E-state index in [1.54, 1.807) is 26.8 Å². The lowest BCUT2D eigenvalue weighted by molar-refractivity contribution is -0.128. The van der Waals surface area contributed by atoms with Crippen LogP contribution in [0.5, 0.6) is 0 Å². The zero-order valence-electron chi connectivity index (χ0n) is 14.3. The van der Waals surface area contributed by atoms with Gasteiger partial charge in [-0.15, -0.1) is 0 Å². The summed E-state index contributed by atoms with van der Waals surface area (Å²) >= 11 is 0. The van der Waals surface area contributed by atoms with E-state index in [0.717, 1.165) is 31.2 Å². The van der Waals surface area contributed by atoms with E-state index < -0.39 is 12.0 Å². The van der Waals surface area contributed by atoms with Gasteiger partial charge in [-0.1, -0.05) is 18.9 Å². The van der Waals surface area contributed by atoms with E-state index in [2.05, 4.69) is 10.6 Å². The molecule has 0 aromatic heterocycles. The Bertz CT molecular complexity index is 663. The molecule has 24 heavy (non-hydrogen) atoms. The van der Waals surface area contributed by atoms with Crippen LogP contribution in [0.1, 0.15) is 54.1 Å². The quantitative estimate of drug-likeness (QED) is 0.772. The molecule has 2 rings (SSSR count). The van der Waals surface area contributed by atoms with Crippen LogP contribution in [0, 0.1) is 19.8 Å². The Morgan fingerprint density at radius 1 is 1.12 bits per heavy atom. The molecule has 2 amide bonds. The van der Waals surface area contributed by atoms with Gasteiger partial charge in [0, 0.05) is 11.6 Å². The molecule has 1 atom stereocenters. The molecular weight excluding hydrogens is 308 g/mol. The first kappa shape index (κ1) is 18.0. The normalized spacial score (nSPS) is 15.8. The number of nitrogens with one attached hydrogen (secondary N) is 2. The SMILES string of the molecule is Cc1cc(C)c(C(=O)O)cc1NC(=O)C(C)NC(=O)C1CCCC1. The number of carbonyl (C=O) groups is 3. The third kappa shape index (κ3) is 4.13. The largest absolute Gasteiger partial charge is 0.478 e. The molecule has 6 nitrogen and oxygen atoms in total. The predicted molar refractivity (Wildman–Crippen MR) is 91.1 cm³/mol. The Morgan fingerprint density at radius 2 is 1.75 bits per heavy atom. The molecule has 0 aliphatic heterocycles. The molecule has 1 fully saturated rings. The highest BCUT2D eigenvalue weighted by Crippen LogP contribution is 2.25. The number of amides is 2. The molecule has 0 spiro atoms. The van der Waals surface area contributed by atoms with Crippen molar-refractivity contribution < 1.29 is 19.5 Å². The van der Waals surface area contributed by atoms with E-state index >= 15 is 0 Å². The standard InChI is InChI=1S/C18H24N2O4/c1-10-8-11(2)15(9-14(10)18(23)24)20-16(21)12(3)19-17(22)13-6-4-5-7-13/h8-9,12-13H,4-7H2,1-3H3,(H,19,22)(H,20,21)(H,23,24). The van der Waals surface area contributed by atoms with Crippen molar-refractivity contribution in [3.05, 3.63) is 28.8 Å². The lowest BCUT2D eigenvalue weighted by atomic mass is 10.0. The first-order valence-electron chi connectivity index (χ1n) is 8.25. The highest BCUT2D eigenvalue weighted by molar-refractivity contribution is 5.99. The third-order valence-electron chi connectivity index (χ3n) is 4.54. The van der Waals surface area contributed by atoms with Crippen LogP contribution < -0.4 is 10.6 Å². The zero-order valence-corrected chi connectivity index (χ0v) is 14.3. The number of rotatable bonds is 5. The Labute approximate surface area is 141 Å². The van der Waals surface area contributed by atoms with E-state index in [-0.39, 0.29) is 23.3 Å². The van der Waals surface area contributed by atoms with Crippen molar-refractivity contribution in [3.63, 3.8) is 0 Å². The smallest absolute Gasteiger partial charge is 0.336 e. The molecule has 130 valence electrons. The third-order valence-corrected chi connectivity index (χ3v) is 4.54. The second-order valence-electron chi connectivity index (χ2n) is 6.49. The Morgan fingerprint density at radius 3 is 2.33 bits per heavy atom. The average molecular weight is 332 g/mol. The summed E-state index contributed by atoms with van der Waals surface area (Å²) in [6.07, 6.45) is 3.86. The van der Waals surface area contributed by atoms with Crippen molar-refractivity contribution in [2.75, 3.05) is 5.32 Å². The molecule has 3 N–H and O–H groups in total. The van der Waals surface area contributed by atoms with Crippen molar-refractivity contribution in [3.8, 4) is 0 Å². The van der Waals surface area contributed by atoms with Crippen molar-refractivity contribution in [2.24, 2.45) is 5.92 Å². The van der Waals surface area contributed by atoms with E-state index in [1.165, 1.54) is 6.07 Å². The van der Waals surface area contributed by atoms with Crippen LogP contribution in [0.25, 0.3) is 0 Å². The molecule has 1 aliphatic rings. The molecule has 0 saturated heterocycles. The maximum Gasteiger partial charge on any atom is 0.336 e. The number of hydrogen-bond donors (Lipinski definition) is 3. The van der Waals surface area contributed by atoms with Gasteiger partial charge in [-0.05, 0) is 50.8 Å². The molecule has 1 aromatic rings. The van der Waals surface area contributed by atoms with Crippen LogP contribution >= 0.6 is 0 Å². The van der Waals surface area contributed by atoms with Crippen molar-refractivity contribution in [1.82, 2.24) is 5.32 Å². The molecule has 0 heterocycles. The van der Waals surface area contributed by atoms with Crippen LogP contribution in [0.15, 0.2) is 12.1 Å². The minimum atomic E-state index is -1.04. The summed E-state index contributed by atoms with van der Waals surface area (Å²) in [6, 6.07) is 2.50. The molecular formula is C18H24N2O4. The Balaban J connectivity index is 2.04. The van der Waals surface area contributed by atoms with Crippen molar-refractivity contribution in [1.29, 1.82) is 0 Å². The van der Waals surface area contributed by atoms with Gasteiger partial charge in [0.05, 0.1) is 5.56 Å². The summed E-state index contributed by atoms with van der Waals surface area (Å²) < 4.78 is 0. The fraction of sp³-hybridized carbons (Fsp3) is 0.500. The summed E-state index contributed by atoms with van der Waals surface area (Å²) in [4.78, 5) is 35.6. The van der Waals surface area contributed by atoms with Gasteiger partial charge in [-0.25, -0.2) is 4.79 Å². The maximum absolute atomic E-state index is 12.3. The van der Waals surface area contributed by atoms with Crippen LogP contribution in [-0.4, -0.2) is 28.9 Å². The van der Waals surface area contributed by atoms with Gasteiger partial charge >= 0.3 is 5.97 Å². The number of carboxylic acid groups (broad SMARTS) is 1. The zero-order chi connectivity index (χ0) is 17.9. The maximum atomic E-state index is 12.3. The van der Waals surface area contributed by atoms with E-state index in [4.69, 9.17) is 0 Å². The van der Waals surface area contributed by atoms with Gasteiger partial charge in [-0.3, -0.25) is 9.59 Å². The number of anilines is 1. The second kappa shape index (κ2) is 7.47. The average Bonchev–Trinajstić information content (AvgIpc) is 3.03. The lowest BCUT2D eigenvalue weighted by Crippen LogP contribution is -2.43. The molecule has 6 heteroatoms. The van der Waals surface area contributed by atoms with Gasteiger partial charge in [-0.2, -0.15) is 0 Å². The number of carboxylic acids is 1. The van der Waals surface area contributed by atoms with Gasteiger partial charge in [0.15, 0.2) is 0 Å². The predicted octanol–water partition coefficient (Wildman–Crippen LogP) is 2.64. The Kier molecular flexibility index (Phi) is 5.59. The number of benzene rings is 1. The second-order valence-corrected chi connectivity index (χ2v) is 6.49. The monoisotopic (exact) mass is 332 g/mol. The summed E-state index contributed by atoms with van der Waals surface area (Å²) in [5.41, 5.74) is 2.02. The molecule has 0 radical (unpaired) electrons. The molecule has 1 aromatic carbocycles. The van der Waals surface area contributed by atoms with Crippen LogP contribution in [0.2, 0.25) is 0 Å². The van der Waals surface area contributed by atoms with Crippen LogP contribution in [0.4, 0.5) is 5.69 Å². The van der Waals surface area contributed by atoms with E-state index in [0.29, 0.717) is 11.3 Å². The van der Waals surface area contributed by atoms with Crippen molar-refractivity contribution in [2.45, 2.75) is 52.5 Å². The number of carbonyl (C=O) groups excluding carboxylic acids is 2. The Hall–Kier alpha value is -2.37. The minimum Gasteiger partial charge on any atom is -0.478 e. The summed E-state index contributed by atoms with van der Waals surface area (Å²) in [5, 5.41) is 14.6. The van der Waals surface area contributed by atoms with E-state index in [9.17, 15) is 19.5 Å². The summed E-state index contributed by atoms with van der Waals surface area (Å²) in [5.74, 6) is -1.47. The fourth-order valence-corrected chi connectivity index (χ4v) is 3.04. The van der Waals surface area contributed by atoms with Gasteiger partial charge in [0.1, 0.15) is 6.04 Å². The lowest BCUT2D eigenvalue weighted by Gasteiger charge is -2.18. The van der Waals surface area contributed by atoms with Crippen LogP contribution in [0.3, 0.4) is 0 Å². The highest BCUT2D eigenvalue weighted by atomic mass is 16.4. The van der Waals surface area contributed by atoms with Crippen molar-refractivity contribution >= 4 is 23.5 Å². The summed E-state index contributed by atoms with van der Waals surface area (Å²) in [6.45, 7) is 5.15. The molecule has 1 aliphatic carbocycles. The number of aryl methyl sites for hydroxylation is 2.